The van der Waals surface area contributed by atoms with Crippen LogP contribution in [0, 0.1) is 12.7 Å². The van der Waals surface area contributed by atoms with Gasteiger partial charge in [-0.05, 0) is 43.2 Å². The van der Waals surface area contributed by atoms with Crippen LogP contribution in [0.15, 0.2) is 48.5 Å². The largest absolute Gasteiger partial charge is 0.494 e. The zero-order valence-electron chi connectivity index (χ0n) is 11.9. The highest BCUT2D eigenvalue weighted by Crippen LogP contribution is 2.12. The van der Waals surface area contributed by atoms with Gasteiger partial charge in [0.15, 0.2) is 0 Å². The first kappa shape index (κ1) is 15.0. The first-order chi connectivity index (χ1) is 10.2. The molecular weight excluding hydrogens is 269 g/mol. The van der Waals surface area contributed by atoms with E-state index in [1.54, 1.807) is 12.1 Å². The third-order valence-corrected chi connectivity index (χ3v) is 2.98. The van der Waals surface area contributed by atoms with Crippen molar-refractivity contribution in [3.05, 3.63) is 65.5 Å². The van der Waals surface area contributed by atoms with E-state index in [1.807, 2.05) is 31.2 Å². The van der Waals surface area contributed by atoms with E-state index in [2.05, 4.69) is 5.32 Å². The van der Waals surface area contributed by atoms with E-state index >= 15 is 0 Å². The smallest absolute Gasteiger partial charge is 0.254 e. The van der Waals surface area contributed by atoms with Gasteiger partial charge in [0.05, 0.1) is 12.2 Å². The average Bonchev–Trinajstić information content (AvgIpc) is 2.47. The minimum atomic E-state index is -0.508. The van der Waals surface area contributed by atoms with Gasteiger partial charge in [-0.1, -0.05) is 24.3 Å². The Morgan fingerprint density at radius 3 is 2.76 bits per heavy atom. The third kappa shape index (κ3) is 4.60. The molecule has 0 radical (unpaired) electrons. The number of rotatable bonds is 6. The van der Waals surface area contributed by atoms with Crippen LogP contribution in [-0.4, -0.2) is 19.1 Å². The van der Waals surface area contributed by atoms with Gasteiger partial charge >= 0.3 is 0 Å². The molecule has 0 heterocycles. The maximum absolute atomic E-state index is 13.4. The molecule has 0 saturated heterocycles. The number of amides is 1. The molecule has 21 heavy (non-hydrogen) atoms. The Labute approximate surface area is 123 Å². The molecule has 0 spiro atoms. The van der Waals surface area contributed by atoms with Crippen molar-refractivity contribution in [2.24, 2.45) is 0 Å². The Kier molecular flexibility index (Phi) is 5.32. The van der Waals surface area contributed by atoms with Crippen molar-refractivity contribution in [2.75, 3.05) is 13.2 Å². The summed E-state index contributed by atoms with van der Waals surface area (Å²) in [6.07, 6.45) is 0.661. The molecule has 0 unspecified atom stereocenters. The van der Waals surface area contributed by atoms with Crippen molar-refractivity contribution in [3.63, 3.8) is 0 Å². The van der Waals surface area contributed by atoms with Gasteiger partial charge in [-0.2, -0.15) is 0 Å². The number of hydrogen-bond acceptors (Lipinski definition) is 2. The zero-order valence-corrected chi connectivity index (χ0v) is 11.9. The highest BCUT2D eigenvalue weighted by molar-refractivity contribution is 5.94. The van der Waals surface area contributed by atoms with Gasteiger partial charge in [0.2, 0.25) is 0 Å². The lowest BCUT2D eigenvalue weighted by Gasteiger charge is -2.08. The first-order valence-electron chi connectivity index (χ1n) is 6.89. The second kappa shape index (κ2) is 7.43. The van der Waals surface area contributed by atoms with Gasteiger partial charge in [-0.25, -0.2) is 4.39 Å². The van der Waals surface area contributed by atoms with Crippen LogP contribution in [0.3, 0.4) is 0 Å². The molecule has 0 aliphatic carbocycles. The van der Waals surface area contributed by atoms with Crippen LogP contribution in [0.1, 0.15) is 22.3 Å². The number of ether oxygens (including phenoxy) is 1. The van der Waals surface area contributed by atoms with E-state index in [4.69, 9.17) is 4.74 Å². The minimum absolute atomic E-state index is 0.0668. The number of carbonyl (C=O) groups excluding carboxylic acids is 1. The third-order valence-electron chi connectivity index (χ3n) is 2.98. The maximum Gasteiger partial charge on any atom is 0.254 e. The molecule has 2 aromatic rings. The van der Waals surface area contributed by atoms with Gasteiger partial charge in [0.25, 0.3) is 5.91 Å². The van der Waals surface area contributed by atoms with Crippen molar-refractivity contribution in [1.82, 2.24) is 5.32 Å². The summed E-state index contributed by atoms with van der Waals surface area (Å²) in [5.74, 6) is -0.0925. The molecule has 4 heteroatoms. The van der Waals surface area contributed by atoms with Gasteiger partial charge in [-0.15, -0.1) is 0 Å². The summed E-state index contributed by atoms with van der Waals surface area (Å²) in [4.78, 5) is 11.8. The number of hydrogen-bond donors (Lipinski definition) is 1. The predicted molar refractivity (Wildman–Crippen MR) is 80.0 cm³/mol. The fourth-order valence-corrected chi connectivity index (χ4v) is 1.91. The first-order valence-corrected chi connectivity index (χ1v) is 6.89. The molecule has 1 N–H and O–H groups in total. The van der Waals surface area contributed by atoms with Gasteiger partial charge in [-0.3, -0.25) is 4.79 Å². The van der Waals surface area contributed by atoms with E-state index in [1.165, 1.54) is 12.1 Å². The van der Waals surface area contributed by atoms with Crippen LogP contribution in [-0.2, 0) is 0 Å². The fourth-order valence-electron chi connectivity index (χ4n) is 1.91. The topological polar surface area (TPSA) is 38.3 Å². The number of halogens is 1. The van der Waals surface area contributed by atoms with E-state index in [0.29, 0.717) is 19.6 Å². The lowest BCUT2D eigenvalue weighted by molar-refractivity contribution is 0.0947. The summed E-state index contributed by atoms with van der Waals surface area (Å²) >= 11 is 0. The predicted octanol–water partition coefficient (Wildman–Crippen LogP) is 3.33. The molecule has 0 bridgehead atoms. The van der Waals surface area contributed by atoms with Crippen molar-refractivity contribution in [2.45, 2.75) is 13.3 Å². The fraction of sp³-hybridized carbons (Fsp3) is 0.235. The Morgan fingerprint density at radius 2 is 2.00 bits per heavy atom. The maximum atomic E-state index is 13.4. The molecule has 3 nitrogen and oxygen atoms in total. The van der Waals surface area contributed by atoms with Crippen LogP contribution >= 0.6 is 0 Å². The van der Waals surface area contributed by atoms with E-state index in [-0.39, 0.29) is 5.56 Å². The normalized spacial score (nSPS) is 10.2. The molecule has 0 atom stereocenters. The summed E-state index contributed by atoms with van der Waals surface area (Å²) in [6, 6.07) is 13.7. The standard InChI is InChI=1S/C17H18FNO2/c1-13-6-4-7-14(12-13)21-11-5-10-19-17(20)15-8-2-3-9-16(15)18/h2-4,6-9,12H,5,10-11H2,1H3,(H,19,20). The average molecular weight is 287 g/mol. The van der Waals surface area contributed by atoms with Crippen molar-refractivity contribution in [1.29, 1.82) is 0 Å². The molecule has 0 aliphatic heterocycles. The summed E-state index contributed by atoms with van der Waals surface area (Å²) < 4.78 is 19.0. The van der Waals surface area contributed by atoms with Gasteiger partial charge < -0.3 is 10.1 Å². The van der Waals surface area contributed by atoms with Crippen LogP contribution in [0.25, 0.3) is 0 Å². The summed E-state index contributed by atoms with van der Waals surface area (Å²) in [6.45, 7) is 2.95. The zero-order chi connectivity index (χ0) is 15.1. The van der Waals surface area contributed by atoms with Crippen molar-refractivity contribution < 1.29 is 13.9 Å². The van der Waals surface area contributed by atoms with E-state index < -0.39 is 11.7 Å². The summed E-state index contributed by atoms with van der Waals surface area (Å²) in [5, 5.41) is 2.68. The Bertz CT molecular complexity index is 613. The minimum Gasteiger partial charge on any atom is -0.494 e. The highest BCUT2D eigenvalue weighted by Gasteiger charge is 2.09. The van der Waals surface area contributed by atoms with Crippen LogP contribution in [0.4, 0.5) is 4.39 Å². The SMILES string of the molecule is Cc1cccc(OCCCNC(=O)c2ccccc2F)c1. The lowest BCUT2D eigenvalue weighted by atomic mass is 10.2. The van der Waals surface area contributed by atoms with Crippen LogP contribution < -0.4 is 10.1 Å². The molecule has 2 aromatic carbocycles. The second-order valence-corrected chi connectivity index (χ2v) is 4.75. The van der Waals surface area contributed by atoms with E-state index in [0.717, 1.165) is 11.3 Å². The Hall–Kier alpha value is -2.36. The molecule has 1 amide bonds. The summed E-state index contributed by atoms with van der Waals surface area (Å²) in [7, 11) is 0. The van der Waals surface area contributed by atoms with Gasteiger partial charge in [0.1, 0.15) is 11.6 Å². The number of carbonyl (C=O) groups is 1. The highest BCUT2D eigenvalue weighted by atomic mass is 19.1. The lowest BCUT2D eigenvalue weighted by Crippen LogP contribution is -2.26. The Morgan fingerprint density at radius 1 is 1.19 bits per heavy atom. The van der Waals surface area contributed by atoms with E-state index in [9.17, 15) is 9.18 Å². The number of nitrogens with one attached hydrogen (secondary N) is 1. The van der Waals surface area contributed by atoms with Crippen molar-refractivity contribution in [3.8, 4) is 5.75 Å². The van der Waals surface area contributed by atoms with Gasteiger partial charge in [0, 0.05) is 6.54 Å². The molecular formula is C17H18FNO2. The molecule has 2 rings (SSSR count). The number of benzene rings is 2. The molecule has 110 valence electrons. The molecule has 0 fully saturated rings. The number of aryl methyl sites for hydroxylation is 1. The summed E-state index contributed by atoms with van der Waals surface area (Å²) in [5.41, 5.74) is 1.21. The molecule has 0 aromatic heterocycles. The Balaban J connectivity index is 1.70. The monoisotopic (exact) mass is 287 g/mol. The quantitative estimate of drug-likeness (QED) is 0.828. The molecule has 0 saturated carbocycles. The molecule has 0 aliphatic rings. The van der Waals surface area contributed by atoms with Crippen molar-refractivity contribution >= 4 is 5.91 Å². The second-order valence-electron chi connectivity index (χ2n) is 4.75. The van der Waals surface area contributed by atoms with Crippen LogP contribution in [0.2, 0.25) is 0 Å². The van der Waals surface area contributed by atoms with Crippen LogP contribution in [0.5, 0.6) is 5.75 Å².